The Balaban J connectivity index is 1.63. The number of hydrogen-bond acceptors (Lipinski definition) is 5. The van der Waals surface area contributed by atoms with Crippen LogP contribution in [0.25, 0.3) is 21.8 Å². The monoisotopic (exact) mass is 376 g/mol. The van der Waals surface area contributed by atoms with Gasteiger partial charge in [0, 0.05) is 11.8 Å². The second-order valence-electron chi connectivity index (χ2n) is 6.08. The van der Waals surface area contributed by atoms with E-state index in [9.17, 15) is 4.39 Å². The molecule has 0 radical (unpaired) electrons. The number of nitrogens with one attached hydrogen (secondary N) is 1. The van der Waals surface area contributed by atoms with Crippen LogP contribution in [0.5, 0.6) is 0 Å². The highest BCUT2D eigenvalue weighted by molar-refractivity contribution is 7.13. The lowest BCUT2D eigenvalue weighted by molar-refractivity contribution is 0.628. The maximum Gasteiger partial charge on any atom is 0.223 e. The van der Waals surface area contributed by atoms with Gasteiger partial charge in [-0.2, -0.15) is 0 Å². The van der Waals surface area contributed by atoms with E-state index in [4.69, 9.17) is 0 Å². The van der Waals surface area contributed by atoms with E-state index in [2.05, 4.69) is 39.3 Å². The summed E-state index contributed by atoms with van der Waals surface area (Å²) in [6.07, 6.45) is 1.72. The largest absolute Gasteiger partial charge is 0.348 e. The fourth-order valence-electron chi connectivity index (χ4n) is 2.84. The van der Waals surface area contributed by atoms with Gasteiger partial charge in [-0.15, -0.1) is 11.3 Å². The number of hydrogen-bond donors (Lipinski definition) is 1. The molecule has 27 heavy (non-hydrogen) atoms. The number of thiazole rings is 1. The number of anilines is 1. The highest BCUT2D eigenvalue weighted by atomic mass is 32.1. The molecule has 6 heteroatoms. The first-order chi connectivity index (χ1) is 13.2. The van der Waals surface area contributed by atoms with E-state index in [0.717, 1.165) is 27.4 Å². The van der Waals surface area contributed by atoms with Crippen LogP contribution in [0.4, 0.5) is 10.3 Å². The average Bonchev–Trinajstić information content (AvgIpc) is 3.19. The first-order valence-electron chi connectivity index (χ1n) is 8.55. The maximum atomic E-state index is 13.6. The first kappa shape index (κ1) is 17.3. The van der Waals surface area contributed by atoms with Gasteiger partial charge in [0.1, 0.15) is 5.82 Å². The molecule has 0 fully saturated rings. The van der Waals surface area contributed by atoms with Crippen molar-refractivity contribution in [2.45, 2.75) is 13.0 Å². The third kappa shape index (κ3) is 3.85. The average molecular weight is 376 g/mol. The molecule has 0 amide bonds. The number of benzene rings is 2. The summed E-state index contributed by atoms with van der Waals surface area (Å²) in [6, 6.07) is 18.5. The van der Waals surface area contributed by atoms with Crippen molar-refractivity contribution in [3.05, 3.63) is 83.8 Å². The van der Waals surface area contributed by atoms with Crippen LogP contribution >= 0.6 is 11.3 Å². The number of halogens is 1. The van der Waals surface area contributed by atoms with Gasteiger partial charge in [0.15, 0.2) is 0 Å². The van der Waals surface area contributed by atoms with E-state index in [1.54, 1.807) is 17.8 Å². The van der Waals surface area contributed by atoms with Crippen molar-refractivity contribution in [3.8, 4) is 21.8 Å². The Morgan fingerprint density at radius 1 is 1.00 bits per heavy atom. The Labute approximate surface area is 160 Å². The summed E-state index contributed by atoms with van der Waals surface area (Å²) in [5.41, 5.74) is 5.12. The summed E-state index contributed by atoms with van der Waals surface area (Å²) in [5.74, 6) is 0.260. The normalized spacial score (nSPS) is 11.9. The molecule has 1 atom stereocenters. The highest BCUT2D eigenvalue weighted by Gasteiger charge is 2.14. The van der Waals surface area contributed by atoms with Crippen LogP contribution in [0.1, 0.15) is 18.5 Å². The molecule has 2 aromatic carbocycles. The molecule has 0 spiro atoms. The van der Waals surface area contributed by atoms with Crippen molar-refractivity contribution in [2.24, 2.45) is 0 Å². The molecule has 2 aromatic heterocycles. The molecular formula is C21H17FN4S. The standard InChI is InChI=1S/C21H17FN4S/c1-14(15-6-3-2-4-7-15)25-21-23-11-10-18(26-21)20-19(24-13-27-20)16-8-5-9-17(22)12-16/h2-14H,1H3,(H,23,25,26). The van der Waals surface area contributed by atoms with Gasteiger partial charge in [-0.1, -0.05) is 42.5 Å². The van der Waals surface area contributed by atoms with E-state index >= 15 is 0 Å². The second-order valence-corrected chi connectivity index (χ2v) is 6.94. The molecule has 0 bridgehead atoms. The van der Waals surface area contributed by atoms with E-state index in [1.807, 2.05) is 30.3 Å². The van der Waals surface area contributed by atoms with Crippen molar-refractivity contribution in [1.29, 1.82) is 0 Å². The first-order valence-corrected chi connectivity index (χ1v) is 9.43. The minimum Gasteiger partial charge on any atom is -0.348 e. The van der Waals surface area contributed by atoms with Crippen molar-refractivity contribution in [3.63, 3.8) is 0 Å². The van der Waals surface area contributed by atoms with Gasteiger partial charge in [-0.3, -0.25) is 0 Å². The fraction of sp³-hybridized carbons (Fsp3) is 0.0952. The Hall–Kier alpha value is -3.12. The molecule has 4 rings (SSSR count). The van der Waals surface area contributed by atoms with Crippen molar-refractivity contribution in [1.82, 2.24) is 15.0 Å². The van der Waals surface area contributed by atoms with E-state index in [1.165, 1.54) is 23.5 Å². The molecule has 4 aromatic rings. The molecule has 0 aliphatic carbocycles. The Morgan fingerprint density at radius 3 is 2.67 bits per heavy atom. The summed E-state index contributed by atoms with van der Waals surface area (Å²) < 4.78 is 13.6. The number of nitrogens with zero attached hydrogens (tertiary/aromatic N) is 3. The van der Waals surface area contributed by atoms with E-state index < -0.39 is 0 Å². The molecular weight excluding hydrogens is 359 g/mol. The zero-order chi connectivity index (χ0) is 18.6. The van der Waals surface area contributed by atoms with Gasteiger partial charge >= 0.3 is 0 Å². The highest BCUT2D eigenvalue weighted by Crippen LogP contribution is 2.34. The summed E-state index contributed by atoms with van der Waals surface area (Å²) in [6.45, 7) is 2.07. The zero-order valence-electron chi connectivity index (χ0n) is 14.6. The van der Waals surface area contributed by atoms with Crippen LogP contribution in [0.2, 0.25) is 0 Å². The van der Waals surface area contributed by atoms with Gasteiger partial charge in [-0.05, 0) is 30.7 Å². The van der Waals surface area contributed by atoms with Crippen LogP contribution in [0.15, 0.2) is 72.4 Å². The van der Waals surface area contributed by atoms with E-state index in [0.29, 0.717) is 5.95 Å². The lowest BCUT2D eigenvalue weighted by Crippen LogP contribution is -2.09. The van der Waals surface area contributed by atoms with Gasteiger partial charge in [-0.25, -0.2) is 19.3 Å². The molecule has 4 nitrogen and oxygen atoms in total. The quantitative estimate of drug-likeness (QED) is 0.494. The van der Waals surface area contributed by atoms with Gasteiger partial charge in [0.2, 0.25) is 5.95 Å². The second kappa shape index (κ2) is 7.63. The summed E-state index contributed by atoms with van der Waals surface area (Å²) in [7, 11) is 0. The summed E-state index contributed by atoms with van der Waals surface area (Å²) >= 11 is 1.48. The zero-order valence-corrected chi connectivity index (χ0v) is 15.4. The molecule has 0 aliphatic rings. The summed E-state index contributed by atoms with van der Waals surface area (Å²) in [4.78, 5) is 14.3. The topological polar surface area (TPSA) is 50.7 Å². The third-order valence-corrected chi connectivity index (χ3v) is 5.05. The van der Waals surface area contributed by atoms with Crippen LogP contribution in [0.3, 0.4) is 0 Å². The van der Waals surface area contributed by atoms with Crippen LogP contribution < -0.4 is 5.32 Å². The van der Waals surface area contributed by atoms with Crippen molar-refractivity contribution in [2.75, 3.05) is 5.32 Å². The van der Waals surface area contributed by atoms with Crippen LogP contribution in [0, 0.1) is 5.82 Å². The Morgan fingerprint density at radius 2 is 1.85 bits per heavy atom. The molecule has 1 N–H and O–H groups in total. The lowest BCUT2D eigenvalue weighted by atomic mass is 10.1. The molecule has 134 valence electrons. The molecule has 0 aliphatic heterocycles. The minimum atomic E-state index is -0.284. The van der Waals surface area contributed by atoms with Crippen LogP contribution in [-0.2, 0) is 0 Å². The number of rotatable bonds is 5. The van der Waals surface area contributed by atoms with E-state index in [-0.39, 0.29) is 11.9 Å². The Bertz CT molecular complexity index is 1050. The smallest absolute Gasteiger partial charge is 0.223 e. The predicted octanol–water partition coefficient (Wildman–Crippen LogP) is 5.58. The van der Waals surface area contributed by atoms with Gasteiger partial charge < -0.3 is 5.32 Å². The third-order valence-electron chi connectivity index (χ3n) is 4.20. The molecule has 2 heterocycles. The SMILES string of the molecule is CC(Nc1nccc(-c2scnc2-c2cccc(F)c2)n1)c1ccccc1. The minimum absolute atomic E-state index is 0.0746. The molecule has 0 saturated heterocycles. The van der Waals surface area contributed by atoms with Gasteiger partial charge in [0.05, 0.1) is 27.8 Å². The van der Waals surface area contributed by atoms with Crippen molar-refractivity contribution >= 4 is 17.3 Å². The van der Waals surface area contributed by atoms with Gasteiger partial charge in [0.25, 0.3) is 0 Å². The fourth-order valence-corrected chi connectivity index (χ4v) is 3.62. The number of aromatic nitrogens is 3. The molecule has 0 saturated carbocycles. The maximum absolute atomic E-state index is 13.6. The Kier molecular flexibility index (Phi) is 4.89. The van der Waals surface area contributed by atoms with Crippen LogP contribution in [-0.4, -0.2) is 15.0 Å². The summed E-state index contributed by atoms with van der Waals surface area (Å²) in [5, 5.41) is 3.33. The predicted molar refractivity (Wildman–Crippen MR) is 107 cm³/mol. The van der Waals surface area contributed by atoms with Crippen molar-refractivity contribution < 1.29 is 4.39 Å². The molecule has 1 unspecified atom stereocenters. The lowest BCUT2D eigenvalue weighted by Gasteiger charge is -2.14.